The molecule has 0 radical (unpaired) electrons. The Bertz CT molecular complexity index is 1050. The number of pyridine rings is 1. The SMILES string of the molecule is C=C1CCC(N2Cc3cc(O[C@H]4CCCC[C@H]4NCc4ccncc4)ccc3C2=O)C(=O)N1. The number of rotatable bonds is 6. The number of piperidine rings is 1. The molecule has 3 aliphatic rings. The van der Waals surface area contributed by atoms with E-state index in [1.807, 2.05) is 42.7 Å². The molecule has 0 spiro atoms. The van der Waals surface area contributed by atoms with Crippen LogP contribution < -0.4 is 15.4 Å². The Labute approximate surface area is 194 Å². The van der Waals surface area contributed by atoms with Crippen molar-refractivity contribution >= 4 is 11.8 Å². The fourth-order valence-corrected chi connectivity index (χ4v) is 5.10. The number of hydrogen-bond donors (Lipinski definition) is 2. The molecule has 2 amide bonds. The predicted octanol–water partition coefficient (Wildman–Crippen LogP) is 3.31. The van der Waals surface area contributed by atoms with Gasteiger partial charge in [0, 0.05) is 42.8 Å². The van der Waals surface area contributed by atoms with Crippen LogP contribution in [0.1, 0.15) is 60.0 Å². The van der Waals surface area contributed by atoms with Crippen LogP contribution in [0.25, 0.3) is 0 Å². The lowest BCUT2D eigenvalue weighted by molar-refractivity contribution is -0.126. The molecule has 7 heteroatoms. The van der Waals surface area contributed by atoms with Gasteiger partial charge in [0.15, 0.2) is 0 Å². The summed E-state index contributed by atoms with van der Waals surface area (Å²) >= 11 is 0. The molecule has 2 N–H and O–H groups in total. The predicted molar refractivity (Wildman–Crippen MR) is 124 cm³/mol. The van der Waals surface area contributed by atoms with Crippen molar-refractivity contribution in [3.8, 4) is 5.75 Å². The Morgan fingerprint density at radius 1 is 1.12 bits per heavy atom. The monoisotopic (exact) mass is 446 g/mol. The largest absolute Gasteiger partial charge is 0.489 e. The van der Waals surface area contributed by atoms with E-state index in [1.54, 1.807) is 4.90 Å². The molecule has 1 saturated heterocycles. The number of allylic oxidation sites excluding steroid dienone is 1. The molecular formula is C26H30N4O3. The molecule has 2 fully saturated rings. The van der Waals surface area contributed by atoms with Crippen molar-refractivity contribution in [2.75, 3.05) is 0 Å². The zero-order chi connectivity index (χ0) is 22.8. The number of fused-ring (bicyclic) bond motifs is 1. The van der Waals surface area contributed by atoms with Crippen molar-refractivity contribution in [2.24, 2.45) is 0 Å². The van der Waals surface area contributed by atoms with Crippen LogP contribution in [0.5, 0.6) is 5.75 Å². The molecule has 33 heavy (non-hydrogen) atoms. The first-order valence-corrected chi connectivity index (χ1v) is 11.8. The summed E-state index contributed by atoms with van der Waals surface area (Å²) in [7, 11) is 0. The van der Waals surface area contributed by atoms with Gasteiger partial charge in [-0.3, -0.25) is 14.6 Å². The summed E-state index contributed by atoms with van der Waals surface area (Å²) in [5, 5.41) is 6.44. The Balaban J connectivity index is 1.25. The highest BCUT2D eigenvalue weighted by molar-refractivity contribution is 6.01. The minimum absolute atomic E-state index is 0.0845. The number of carbonyl (C=O) groups is 2. The smallest absolute Gasteiger partial charge is 0.255 e. The second-order valence-corrected chi connectivity index (χ2v) is 9.18. The molecule has 172 valence electrons. The van der Waals surface area contributed by atoms with Gasteiger partial charge < -0.3 is 20.3 Å². The number of hydrogen-bond acceptors (Lipinski definition) is 5. The highest BCUT2D eigenvalue weighted by atomic mass is 16.5. The van der Waals surface area contributed by atoms with E-state index in [0.717, 1.165) is 42.8 Å². The maximum absolute atomic E-state index is 13.0. The van der Waals surface area contributed by atoms with Gasteiger partial charge in [-0.15, -0.1) is 0 Å². The van der Waals surface area contributed by atoms with Gasteiger partial charge in [0.25, 0.3) is 5.91 Å². The summed E-state index contributed by atoms with van der Waals surface area (Å²) in [6, 6.07) is 9.58. The minimum Gasteiger partial charge on any atom is -0.489 e. The molecule has 1 aromatic heterocycles. The number of ether oxygens (including phenoxy) is 1. The van der Waals surface area contributed by atoms with Crippen LogP contribution in [0.15, 0.2) is 55.0 Å². The number of nitrogens with one attached hydrogen (secondary N) is 2. The van der Waals surface area contributed by atoms with Crippen molar-refractivity contribution in [1.82, 2.24) is 20.5 Å². The summed E-state index contributed by atoms with van der Waals surface area (Å²) in [5.74, 6) is 0.556. The van der Waals surface area contributed by atoms with Crippen molar-refractivity contribution in [1.29, 1.82) is 0 Å². The van der Waals surface area contributed by atoms with Gasteiger partial charge in [0.2, 0.25) is 5.91 Å². The average Bonchev–Trinajstić information content (AvgIpc) is 3.14. The average molecular weight is 447 g/mol. The zero-order valence-electron chi connectivity index (χ0n) is 18.8. The number of nitrogens with zero attached hydrogens (tertiary/aromatic N) is 2. The lowest BCUT2D eigenvalue weighted by Gasteiger charge is -2.33. The lowest BCUT2D eigenvalue weighted by atomic mass is 9.92. The Morgan fingerprint density at radius 3 is 2.76 bits per heavy atom. The fourth-order valence-electron chi connectivity index (χ4n) is 5.10. The first-order valence-electron chi connectivity index (χ1n) is 11.8. The molecular weight excluding hydrogens is 416 g/mol. The van der Waals surface area contributed by atoms with E-state index in [2.05, 4.69) is 22.2 Å². The van der Waals surface area contributed by atoms with Crippen LogP contribution in [0.2, 0.25) is 0 Å². The third-order valence-electron chi connectivity index (χ3n) is 6.91. The van der Waals surface area contributed by atoms with E-state index in [9.17, 15) is 9.59 Å². The molecule has 1 unspecified atom stereocenters. The quantitative estimate of drug-likeness (QED) is 0.711. The summed E-state index contributed by atoms with van der Waals surface area (Å²) < 4.78 is 6.44. The van der Waals surface area contributed by atoms with E-state index in [0.29, 0.717) is 24.9 Å². The Morgan fingerprint density at radius 2 is 1.94 bits per heavy atom. The van der Waals surface area contributed by atoms with E-state index < -0.39 is 6.04 Å². The second-order valence-electron chi connectivity index (χ2n) is 9.18. The fraction of sp³-hybridized carbons (Fsp3) is 0.423. The van der Waals surface area contributed by atoms with Gasteiger partial charge in [-0.25, -0.2) is 0 Å². The van der Waals surface area contributed by atoms with E-state index in [4.69, 9.17) is 4.74 Å². The number of carbonyl (C=O) groups excluding carboxylic acids is 2. The molecule has 2 aliphatic heterocycles. The second kappa shape index (κ2) is 9.35. The molecule has 2 aromatic rings. The van der Waals surface area contributed by atoms with Gasteiger partial charge in [0.1, 0.15) is 17.9 Å². The van der Waals surface area contributed by atoms with Crippen LogP contribution in [0, 0.1) is 0 Å². The van der Waals surface area contributed by atoms with E-state index in [-0.39, 0.29) is 24.0 Å². The molecule has 3 atom stereocenters. The molecule has 1 aromatic carbocycles. The van der Waals surface area contributed by atoms with Gasteiger partial charge in [-0.05, 0) is 73.6 Å². The van der Waals surface area contributed by atoms with Crippen molar-refractivity contribution in [3.05, 3.63) is 71.7 Å². The minimum atomic E-state index is -0.445. The highest BCUT2D eigenvalue weighted by Gasteiger charge is 2.38. The van der Waals surface area contributed by atoms with Crippen molar-refractivity contribution < 1.29 is 14.3 Å². The maximum Gasteiger partial charge on any atom is 0.255 e. The van der Waals surface area contributed by atoms with Crippen molar-refractivity contribution in [2.45, 2.75) is 69.8 Å². The Kier molecular flexibility index (Phi) is 6.13. The standard InChI is InChI=1S/C26H30N4O3/c1-17-6-9-23(25(31)29-17)30-16-19-14-20(7-8-21(19)26(30)32)33-24-5-3-2-4-22(24)28-15-18-10-12-27-13-11-18/h7-8,10-14,22-24,28H,1-6,9,15-16H2,(H,29,31)/t22-,23?,24+/m1/s1. The topological polar surface area (TPSA) is 83.6 Å². The molecule has 1 aliphatic carbocycles. The third kappa shape index (κ3) is 4.64. The lowest BCUT2D eigenvalue weighted by Crippen LogP contribution is -2.49. The van der Waals surface area contributed by atoms with Crippen LogP contribution in [0.4, 0.5) is 0 Å². The Hall–Kier alpha value is -3.19. The van der Waals surface area contributed by atoms with Gasteiger partial charge in [-0.1, -0.05) is 13.0 Å². The molecule has 5 rings (SSSR count). The summed E-state index contributed by atoms with van der Waals surface area (Å²) in [6.45, 7) is 5.05. The number of benzene rings is 1. The van der Waals surface area contributed by atoms with E-state index in [1.165, 1.54) is 12.0 Å². The summed E-state index contributed by atoms with van der Waals surface area (Å²) in [5.41, 5.74) is 3.51. The maximum atomic E-state index is 13.0. The van der Waals surface area contributed by atoms with Crippen LogP contribution in [-0.4, -0.2) is 39.9 Å². The molecule has 7 nitrogen and oxygen atoms in total. The first kappa shape index (κ1) is 21.6. The van der Waals surface area contributed by atoms with Crippen LogP contribution in [-0.2, 0) is 17.9 Å². The van der Waals surface area contributed by atoms with Gasteiger partial charge in [-0.2, -0.15) is 0 Å². The van der Waals surface area contributed by atoms with Crippen LogP contribution >= 0.6 is 0 Å². The molecule has 1 saturated carbocycles. The highest BCUT2D eigenvalue weighted by Crippen LogP contribution is 2.32. The van der Waals surface area contributed by atoms with E-state index >= 15 is 0 Å². The third-order valence-corrected chi connectivity index (χ3v) is 6.91. The normalized spacial score (nSPS) is 25.0. The molecule has 0 bridgehead atoms. The van der Waals surface area contributed by atoms with Crippen molar-refractivity contribution in [3.63, 3.8) is 0 Å². The number of aromatic nitrogens is 1. The summed E-state index contributed by atoms with van der Waals surface area (Å²) in [4.78, 5) is 31.1. The zero-order valence-corrected chi connectivity index (χ0v) is 18.8. The summed E-state index contributed by atoms with van der Waals surface area (Å²) in [6.07, 6.45) is 9.44. The van der Waals surface area contributed by atoms with Gasteiger partial charge in [0.05, 0.1) is 0 Å². The van der Waals surface area contributed by atoms with Gasteiger partial charge >= 0.3 is 0 Å². The molecule has 3 heterocycles. The first-order chi connectivity index (χ1) is 16.1. The number of amides is 2. The van der Waals surface area contributed by atoms with Crippen LogP contribution in [0.3, 0.4) is 0 Å².